The van der Waals surface area contributed by atoms with Crippen LogP contribution in [-0.4, -0.2) is 25.3 Å². The second kappa shape index (κ2) is 4.55. The van der Waals surface area contributed by atoms with E-state index in [1.165, 1.54) is 6.20 Å². The minimum Gasteiger partial charge on any atom is -0.477 e. The molecule has 3 aromatic rings. The van der Waals surface area contributed by atoms with Crippen LogP contribution in [0, 0.1) is 0 Å². The molecular formula is C13H10BrN3O2. The Morgan fingerprint density at radius 3 is 2.95 bits per heavy atom. The van der Waals surface area contributed by atoms with Gasteiger partial charge in [-0.1, -0.05) is 28.1 Å². The van der Waals surface area contributed by atoms with Gasteiger partial charge in [-0.15, -0.1) is 0 Å². The number of benzene rings is 1. The number of aromatic carboxylic acids is 1. The van der Waals surface area contributed by atoms with Crippen molar-refractivity contribution in [2.45, 2.75) is 6.54 Å². The molecule has 3 rings (SSSR count). The molecule has 0 fully saturated rings. The molecule has 0 saturated carbocycles. The Kier molecular flexibility index (Phi) is 2.87. The summed E-state index contributed by atoms with van der Waals surface area (Å²) in [6, 6.07) is 7.91. The van der Waals surface area contributed by atoms with E-state index in [4.69, 9.17) is 5.11 Å². The number of carbonyl (C=O) groups is 1. The monoisotopic (exact) mass is 319 g/mol. The first-order valence-electron chi connectivity index (χ1n) is 5.65. The molecule has 1 N–H and O–H groups in total. The molecule has 0 amide bonds. The highest BCUT2D eigenvalue weighted by Gasteiger charge is 2.15. The quantitative estimate of drug-likeness (QED) is 0.807. The summed E-state index contributed by atoms with van der Waals surface area (Å²) in [4.78, 5) is 11.2. The standard InChI is InChI=1S/C13H10BrN3O2/c14-10-3-1-2-9(6-10)8-16-4-5-17-12(16)11(7-15-17)13(18)19/h1-7H,8H2,(H,18,19). The summed E-state index contributed by atoms with van der Waals surface area (Å²) in [6.45, 7) is 0.599. The molecule has 0 spiro atoms. The van der Waals surface area contributed by atoms with E-state index in [0.717, 1.165) is 10.0 Å². The van der Waals surface area contributed by atoms with Crippen molar-refractivity contribution < 1.29 is 9.90 Å². The molecule has 19 heavy (non-hydrogen) atoms. The van der Waals surface area contributed by atoms with E-state index >= 15 is 0 Å². The predicted octanol–water partition coefficient (Wildman–Crippen LogP) is 2.64. The molecule has 5 nitrogen and oxygen atoms in total. The van der Waals surface area contributed by atoms with Gasteiger partial charge in [0.15, 0.2) is 5.65 Å². The predicted molar refractivity (Wildman–Crippen MR) is 73.4 cm³/mol. The van der Waals surface area contributed by atoms with Gasteiger partial charge in [0.1, 0.15) is 5.56 Å². The van der Waals surface area contributed by atoms with Crippen LogP contribution in [0.2, 0.25) is 0 Å². The summed E-state index contributed by atoms with van der Waals surface area (Å²) in [5.41, 5.74) is 1.89. The fourth-order valence-corrected chi connectivity index (χ4v) is 2.52. The zero-order chi connectivity index (χ0) is 13.4. The summed E-state index contributed by atoms with van der Waals surface area (Å²) in [5.74, 6) is -0.968. The van der Waals surface area contributed by atoms with Crippen LogP contribution in [0.25, 0.3) is 5.65 Å². The van der Waals surface area contributed by atoms with Gasteiger partial charge in [0.25, 0.3) is 0 Å². The molecule has 0 atom stereocenters. The lowest BCUT2D eigenvalue weighted by molar-refractivity contribution is 0.0698. The molecule has 1 aromatic carbocycles. The lowest BCUT2D eigenvalue weighted by atomic mass is 10.2. The summed E-state index contributed by atoms with van der Waals surface area (Å²) in [5, 5.41) is 13.2. The van der Waals surface area contributed by atoms with E-state index in [-0.39, 0.29) is 5.56 Å². The first-order chi connectivity index (χ1) is 9.15. The van der Waals surface area contributed by atoms with Crippen molar-refractivity contribution in [1.82, 2.24) is 14.2 Å². The minimum atomic E-state index is -0.968. The number of rotatable bonds is 3. The maximum Gasteiger partial charge on any atom is 0.341 e. The molecule has 96 valence electrons. The van der Waals surface area contributed by atoms with Crippen LogP contribution in [0.5, 0.6) is 0 Å². The number of hydrogen-bond acceptors (Lipinski definition) is 2. The number of fused-ring (bicyclic) bond motifs is 1. The molecule has 2 heterocycles. The van der Waals surface area contributed by atoms with E-state index in [1.54, 1.807) is 10.7 Å². The topological polar surface area (TPSA) is 59.5 Å². The normalized spacial score (nSPS) is 11.0. The largest absolute Gasteiger partial charge is 0.477 e. The summed E-state index contributed by atoms with van der Waals surface area (Å²) < 4.78 is 4.44. The Labute approximate surface area is 117 Å². The fraction of sp³-hybridized carbons (Fsp3) is 0.0769. The van der Waals surface area contributed by atoms with Crippen LogP contribution >= 0.6 is 15.9 Å². The van der Waals surface area contributed by atoms with Crippen molar-refractivity contribution in [3.63, 3.8) is 0 Å². The zero-order valence-electron chi connectivity index (χ0n) is 9.82. The Hall–Kier alpha value is -2.08. The number of aromatic nitrogens is 3. The van der Waals surface area contributed by atoms with Crippen molar-refractivity contribution in [3.8, 4) is 0 Å². The minimum absolute atomic E-state index is 0.208. The SMILES string of the molecule is O=C(O)c1cnn2ccn(Cc3cccc(Br)c3)c12. The third-order valence-electron chi connectivity index (χ3n) is 2.90. The number of hydrogen-bond donors (Lipinski definition) is 1. The molecule has 0 saturated heterocycles. The van der Waals surface area contributed by atoms with E-state index in [9.17, 15) is 4.79 Å². The Balaban J connectivity index is 2.05. The van der Waals surface area contributed by atoms with E-state index in [2.05, 4.69) is 21.0 Å². The van der Waals surface area contributed by atoms with Crippen LogP contribution < -0.4 is 0 Å². The van der Waals surface area contributed by atoms with Crippen LogP contribution in [0.3, 0.4) is 0 Å². The molecule has 0 aliphatic heterocycles. The van der Waals surface area contributed by atoms with Gasteiger partial charge in [0.2, 0.25) is 0 Å². The molecule has 0 aliphatic rings. The Morgan fingerprint density at radius 2 is 2.21 bits per heavy atom. The molecule has 0 bridgehead atoms. The summed E-state index contributed by atoms with van der Waals surface area (Å²) in [7, 11) is 0. The molecule has 0 unspecified atom stereocenters. The van der Waals surface area contributed by atoms with Gasteiger partial charge in [-0.05, 0) is 17.7 Å². The lowest BCUT2D eigenvalue weighted by Crippen LogP contribution is -2.03. The average Bonchev–Trinajstić information content (AvgIpc) is 2.92. The van der Waals surface area contributed by atoms with Crippen molar-refractivity contribution in [3.05, 3.63) is 58.5 Å². The second-order valence-corrected chi connectivity index (χ2v) is 5.10. The first-order valence-corrected chi connectivity index (χ1v) is 6.44. The summed E-state index contributed by atoms with van der Waals surface area (Å²) >= 11 is 3.43. The number of imidazole rings is 1. The molecular weight excluding hydrogens is 310 g/mol. The second-order valence-electron chi connectivity index (χ2n) is 4.19. The number of carboxylic acids is 1. The van der Waals surface area contributed by atoms with Crippen molar-refractivity contribution in [2.24, 2.45) is 0 Å². The zero-order valence-corrected chi connectivity index (χ0v) is 11.4. The van der Waals surface area contributed by atoms with E-state index in [0.29, 0.717) is 12.2 Å². The summed E-state index contributed by atoms with van der Waals surface area (Å²) in [6.07, 6.45) is 4.95. The number of carboxylic acid groups (broad SMARTS) is 1. The van der Waals surface area contributed by atoms with Crippen molar-refractivity contribution in [2.75, 3.05) is 0 Å². The highest BCUT2D eigenvalue weighted by molar-refractivity contribution is 9.10. The average molecular weight is 320 g/mol. The van der Waals surface area contributed by atoms with Crippen molar-refractivity contribution in [1.29, 1.82) is 0 Å². The Morgan fingerprint density at radius 1 is 1.37 bits per heavy atom. The van der Waals surface area contributed by atoms with Gasteiger partial charge in [-0.2, -0.15) is 5.10 Å². The van der Waals surface area contributed by atoms with Crippen LogP contribution in [-0.2, 0) is 6.54 Å². The van der Waals surface area contributed by atoms with Crippen LogP contribution in [0.1, 0.15) is 15.9 Å². The molecule has 2 aromatic heterocycles. The van der Waals surface area contributed by atoms with Crippen LogP contribution in [0.4, 0.5) is 0 Å². The molecule has 0 aliphatic carbocycles. The number of halogens is 1. The fourth-order valence-electron chi connectivity index (χ4n) is 2.08. The lowest BCUT2D eigenvalue weighted by Gasteiger charge is -2.05. The highest BCUT2D eigenvalue weighted by atomic mass is 79.9. The van der Waals surface area contributed by atoms with Crippen molar-refractivity contribution >= 4 is 27.5 Å². The Bertz CT molecular complexity index is 760. The maximum atomic E-state index is 11.2. The van der Waals surface area contributed by atoms with E-state index in [1.807, 2.05) is 35.0 Å². The van der Waals surface area contributed by atoms with Crippen LogP contribution in [0.15, 0.2) is 47.3 Å². The van der Waals surface area contributed by atoms with Gasteiger partial charge >= 0.3 is 5.97 Å². The van der Waals surface area contributed by atoms with Gasteiger partial charge in [0.05, 0.1) is 6.20 Å². The third-order valence-corrected chi connectivity index (χ3v) is 3.39. The van der Waals surface area contributed by atoms with Gasteiger partial charge in [-0.25, -0.2) is 9.31 Å². The highest BCUT2D eigenvalue weighted by Crippen LogP contribution is 2.16. The maximum absolute atomic E-state index is 11.2. The number of nitrogens with zero attached hydrogens (tertiary/aromatic N) is 3. The molecule has 6 heteroatoms. The van der Waals surface area contributed by atoms with Gasteiger partial charge < -0.3 is 9.67 Å². The molecule has 0 radical (unpaired) electrons. The van der Waals surface area contributed by atoms with Gasteiger partial charge in [0, 0.05) is 23.4 Å². The van der Waals surface area contributed by atoms with E-state index < -0.39 is 5.97 Å². The first kappa shape index (κ1) is 12.0. The van der Waals surface area contributed by atoms with Gasteiger partial charge in [-0.3, -0.25) is 0 Å². The third kappa shape index (κ3) is 2.15. The smallest absolute Gasteiger partial charge is 0.341 e.